The van der Waals surface area contributed by atoms with Crippen LogP contribution >= 0.6 is 0 Å². The normalized spacial score (nSPS) is 21.2. The summed E-state index contributed by atoms with van der Waals surface area (Å²) in [6, 6.07) is 0.552. The van der Waals surface area contributed by atoms with Gasteiger partial charge in [-0.3, -0.25) is 4.90 Å². The third-order valence-electron chi connectivity index (χ3n) is 3.52. The van der Waals surface area contributed by atoms with E-state index < -0.39 is 5.60 Å². The summed E-state index contributed by atoms with van der Waals surface area (Å²) in [7, 11) is 0. The molecule has 0 aliphatic heterocycles. The average Bonchev–Trinajstić information content (AvgIpc) is 2.18. The minimum atomic E-state index is -0.391. The van der Waals surface area contributed by atoms with Crippen LogP contribution in [0, 0.1) is 0 Å². The lowest BCUT2D eigenvalue weighted by atomic mass is 9.84. The van der Waals surface area contributed by atoms with Crippen LogP contribution in [-0.2, 0) is 0 Å². The second-order valence-electron chi connectivity index (χ2n) is 5.35. The first-order chi connectivity index (χ1) is 7.07. The van der Waals surface area contributed by atoms with Crippen molar-refractivity contribution in [2.45, 2.75) is 70.9 Å². The van der Waals surface area contributed by atoms with Crippen LogP contribution in [0.1, 0.15) is 59.3 Å². The molecule has 90 valence electrons. The van der Waals surface area contributed by atoms with Crippen LogP contribution in [0.3, 0.4) is 0 Å². The van der Waals surface area contributed by atoms with Gasteiger partial charge in [0, 0.05) is 12.6 Å². The fourth-order valence-corrected chi connectivity index (χ4v) is 2.55. The van der Waals surface area contributed by atoms with Gasteiger partial charge in [-0.2, -0.15) is 0 Å². The highest BCUT2D eigenvalue weighted by Gasteiger charge is 2.31. The smallest absolute Gasteiger partial charge is 0.0774 e. The molecule has 0 bridgehead atoms. The first-order valence-electron chi connectivity index (χ1n) is 6.54. The van der Waals surface area contributed by atoms with Gasteiger partial charge in [-0.1, -0.05) is 26.2 Å². The summed E-state index contributed by atoms with van der Waals surface area (Å²) >= 11 is 0. The molecule has 0 aromatic rings. The zero-order chi connectivity index (χ0) is 11.3. The van der Waals surface area contributed by atoms with Crippen molar-refractivity contribution in [3.8, 4) is 0 Å². The average molecular weight is 213 g/mol. The van der Waals surface area contributed by atoms with E-state index in [0.717, 1.165) is 25.9 Å². The summed E-state index contributed by atoms with van der Waals surface area (Å²) in [5, 5.41) is 10.5. The van der Waals surface area contributed by atoms with Crippen molar-refractivity contribution in [1.82, 2.24) is 4.90 Å². The molecular weight excluding hydrogens is 186 g/mol. The van der Waals surface area contributed by atoms with E-state index in [0.29, 0.717) is 6.04 Å². The monoisotopic (exact) mass is 213 g/mol. The van der Waals surface area contributed by atoms with Crippen LogP contribution in [0.2, 0.25) is 0 Å². The van der Waals surface area contributed by atoms with Crippen LogP contribution in [0.5, 0.6) is 0 Å². The number of hydrogen-bond donors (Lipinski definition) is 1. The van der Waals surface area contributed by atoms with Gasteiger partial charge < -0.3 is 5.11 Å². The molecule has 0 radical (unpaired) electrons. The summed E-state index contributed by atoms with van der Waals surface area (Å²) in [5.41, 5.74) is -0.391. The quantitative estimate of drug-likeness (QED) is 0.759. The van der Waals surface area contributed by atoms with E-state index in [1.165, 1.54) is 25.7 Å². The molecule has 1 aliphatic carbocycles. The molecule has 1 aliphatic rings. The van der Waals surface area contributed by atoms with Crippen molar-refractivity contribution in [2.24, 2.45) is 0 Å². The van der Waals surface area contributed by atoms with E-state index in [-0.39, 0.29) is 0 Å². The second kappa shape index (κ2) is 5.86. The summed E-state index contributed by atoms with van der Waals surface area (Å²) in [6.45, 7) is 8.64. The molecule has 15 heavy (non-hydrogen) atoms. The van der Waals surface area contributed by atoms with Gasteiger partial charge in [-0.05, 0) is 39.7 Å². The Hall–Kier alpha value is -0.0800. The Morgan fingerprint density at radius 1 is 1.20 bits per heavy atom. The van der Waals surface area contributed by atoms with Gasteiger partial charge in [0.2, 0.25) is 0 Å². The van der Waals surface area contributed by atoms with Crippen molar-refractivity contribution in [2.75, 3.05) is 13.1 Å². The molecular formula is C13H27NO. The highest BCUT2D eigenvalue weighted by atomic mass is 16.3. The molecule has 0 saturated heterocycles. The number of aliphatic hydroxyl groups is 1. The molecule has 0 spiro atoms. The lowest BCUT2D eigenvalue weighted by Crippen LogP contribution is -2.47. The number of rotatable bonds is 5. The first kappa shape index (κ1) is 13.0. The van der Waals surface area contributed by atoms with Crippen molar-refractivity contribution in [1.29, 1.82) is 0 Å². The minimum Gasteiger partial charge on any atom is -0.389 e. The van der Waals surface area contributed by atoms with E-state index in [4.69, 9.17) is 0 Å². The summed E-state index contributed by atoms with van der Waals surface area (Å²) < 4.78 is 0. The fraction of sp³-hybridized carbons (Fsp3) is 1.00. The maximum atomic E-state index is 10.5. The van der Waals surface area contributed by atoms with Gasteiger partial charge in [0.15, 0.2) is 0 Å². The molecule has 0 unspecified atom stereocenters. The third kappa shape index (κ3) is 4.12. The Kier molecular flexibility index (Phi) is 5.07. The lowest BCUT2D eigenvalue weighted by Gasteiger charge is -2.38. The maximum Gasteiger partial charge on any atom is 0.0774 e. The zero-order valence-electron chi connectivity index (χ0n) is 10.6. The zero-order valence-corrected chi connectivity index (χ0v) is 10.6. The maximum absolute atomic E-state index is 10.5. The van der Waals surface area contributed by atoms with Crippen molar-refractivity contribution >= 4 is 0 Å². The van der Waals surface area contributed by atoms with Gasteiger partial charge in [0.05, 0.1) is 5.60 Å². The Bertz CT molecular complexity index is 173. The first-order valence-corrected chi connectivity index (χ1v) is 6.54. The van der Waals surface area contributed by atoms with Crippen LogP contribution in [0.4, 0.5) is 0 Å². The lowest BCUT2D eigenvalue weighted by molar-refractivity contribution is -0.0328. The van der Waals surface area contributed by atoms with Crippen LogP contribution in [-0.4, -0.2) is 34.7 Å². The van der Waals surface area contributed by atoms with E-state index in [1.807, 2.05) is 0 Å². The number of nitrogens with zero attached hydrogens (tertiary/aromatic N) is 1. The van der Waals surface area contributed by atoms with Crippen LogP contribution in [0.15, 0.2) is 0 Å². The Morgan fingerprint density at radius 2 is 1.80 bits per heavy atom. The molecule has 0 atom stereocenters. The SMILES string of the molecule is CCCN(CC1(O)CCCCC1)C(C)C. The Labute approximate surface area is 94.7 Å². The molecule has 0 aromatic heterocycles. The van der Waals surface area contributed by atoms with Gasteiger partial charge in [-0.25, -0.2) is 0 Å². The largest absolute Gasteiger partial charge is 0.389 e. The molecule has 1 rings (SSSR count). The standard InChI is InChI=1S/C13H27NO/c1-4-10-14(12(2)3)11-13(15)8-6-5-7-9-13/h12,15H,4-11H2,1-3H3. The van der Waals surface area contributed by atoms with E-state index >= 15 is 0 Å². The molecule has 0 amide bonds. The summed E-state index contributed by atoms with van der Waals surface area (Å²) in [4.78, 5) is 2.42. The highest BCUT2D eigenvalue weighted by molar-refractivity contribution is 4.86. The predicted molar refractivity (Wildman–Crippen MR) is 65.0 cm³/mol. The van der Waals surface area contributed by atoms with Crippen LogP contribution in [0.25, 0.3) is 0 Å². The molecule has 1 N–H and O–H groups in total. The molecule has 2 nitrogen and oxygen atoms in total. The summed E-state index contributed by atoms with van der Waals surface area (Å²) in [5.74, 6) is 0. The minimum absolute atomic E-state index is 0.391. The van der Waals surface area contributed by atoms with E-state index in [2.05, 4.69) is 25.7 Å². The van der Waals surface area contributed by atoms with E-state index in [9.17, 15) is 5.11 Å². The molecule has 1 fully saturated rings. The Balaban J connectivity index is 2.47. The fourth-order valence-electron chi connectivity index (χ4n) is 2.55. The van der Waals surface area contributed by atoms with Crippen LogP contribution < -0.4 is 0 Å². The van der Waals surface area contributed by atoms with Gasteiger partial charge in [0.1, 0.15) is 0 Å². The van der Waals surface area contributed by atoms with Crippen molar-refractivity contribution < 1.29 is 5.11 Å². The molecule has 0 heterocycles. The van der Waals surface area contributed by atoms with Crippen molar-refractivity contribution in [3.05, 3.63) is 0 Å². The Morgan fingerprint density at radius 3 is 2.27 bits per heavy atom. The second-order valence-corrected chi connectivity index (χ2v) is 5.35. The van der Waals surface area contributed by atoms with Gasteiger partial charge >= 0.3 is 0 Å². The molecule has 2 heteroatoms. The van der Waals surface area contributed by atoms with Gasteiger partial charge in [0.25, 0.3) is 0 Å². The van der Waals surface area contributed by atoms with Gasteiger partial charge in [-0.15, -0.1) is 0 Å². The third-order valence-corrected chi connectivity index (χ3v) is 3.52. The molecule has 1 saturated carbocycles. The topological polar surface area (TPSA) is 23.5 Å². The number of hydrogen-bond acceptors (Lipinski definition) is 2. The van der Waals surface area contributed by atoms with E-state index in [1.54, 1.807) is 0 Å². The highest BCUT2D eigenvalue weighted by Crippen LogP contribution is 2.29. The summed E-state index contributed by atoms with van der Waals surface area (Å²) in [6.07, 6.45) is 6.88. The predicted octanol–water partition coefficient (Wildman–Crippen LogP) is 2.80. The van der Waals surface area contributed by atoms with Crippen molar-refractivity contribution in [3.63, 3.8) is 0 Å². The molecule has 0 aromatic carbocycles.